The second-order valence-corrected chi connectivity index (χ2v) is 11.5. The summed E-state index contributed by atoms with van der Waals surface area (Å²) in [5, 5.41) is 0. The van der Waals surface area contributed by atoms with E-state index in [4.69, 9.17) is 0 Å². The summed E-state index contributed by atoms with van der Waals surface area (Å²) in [5.74, 6) is 1.87. The van der Waals surface area contributed by atoms with E-state index >= 15 is 0 Å². The van der Waals surface area contributed by atoms with Crippen molar-refractivity contribution in [2.24, 2.45) is 11.8 Å². The van der Waals surface area contributed by atoms with E-state index in [1.165, 1.54) is 51.4 Å². The number of para-hydroxylation sites is 2. The average Bonchev–Trinajstić information content (AvgIpc) is 3.13. The van der Waals surface area contributed by atoms with Gasteiger partial charge >= 0.3 is 0 Å². The smallest absolute Gasteiger partial charge is 0.278 e. The Balaban J connectivity index is 1.26. The van der Waals surface area contributed by atoms with Crippen molar-refractivity contribution in [3.05, 3.63) is 63.3 Å². The molecule has 182 valence electrons. The molecule has 6 heteroatoms. The number of fused-ring (bicyclic) bond motifs is 5. The number of nitrogens with one attached hydrogen (secondary N) is 1. The molecule has 0 spiro atoms. The molecule has 4 atom stereocenters. The van der Waals surface area contributed by atoms with Crippen LogP contribution in [0.2, 0.25) is 0 Å². The molecule has 0 radical (unpaired) electrons. The van der Waals surface area contributed by atoms with Gasteiger partial charge in [0, 0.05) is 30.4 Å². The summed E-state index contributed by atoms with van der Waals surface area (Å²) in [4.78, 5) is 36.8. The molecule has 4 unspecified atom stereocenters. The predicted octanol–water partition coefficient (Wildman–Crippen LogP) is 4.89. The summed E-state index contributed by atoms with van der Waals surface area (Å²) in [5.41, 5.74) is 1.88. The Morgan fingerprint density at radius 1 is 0.771 bits per heavy atom. The fourth-order valence-electron chi connectivity index (χ4n) is 8.23. The van der Waals surface area contributed by atoms with Gasteiger partial charge in [0.2, 0.25) is 0 Å². The molecule has 2 aliphatic heterocycles. The van der Waals surface area contributed by atoms with Gasteiger partial charge in [-0.25, -0.2) is 4.98 Å². The van der Waals surface area contributed by atoms with Gasteiger partial charge in [-0.1, -0.05) is 31.4 Å². The van der Waals surface area contributed by atoms with E-state index in [1.54, 1.807) is 18.3 Å². The summed E-state index contributed by atoms with van der Waals surface area (Å²) in [6, 6.07) is 13.4. The van der Waals surface area contributed by atoms with Crippen LogP contribution in [0.1, 0.15) is 70.3 Å². The summed E-state index contributed by atoms with van der Waals surface area (Å²) < 4.78 is 1.99. The number of piperidine rings is 1. The molecule has 0 amide bonds. The molecule has 1 N–H and O–H groups in total. The van der Waals surface area contributed by atoms with Crippen molar-refractivity contribution in [2.75, 3.05) is 0 Å². The second kappa shape index (κ2) is 8.44. The van der Waals surface area contributed by atoms with Crippen LogP contribution in [0.4, 0.5) is 0 Å². The molecule has 1 aromatic carbocycles. The van der Waals surface area contributed by atoms with E-state index in [9.17, 15) is 9.59 Å². The first kappa shape index (κ1) is 21.5. The third-order valence-electron chi connectivity index (χ3n) is 9.52. The van der Waals surface area contributed by atoms with Crippen molar-refractivity contribution in [1.29, 1.82) is 0 Å². The molecule has 4 heterocycles. The average molecular weight is 471 g/mol. The SMILES string of the molecule is O=c1[nH]cccc1-c1nc2ccccc2n(C2CC3CCC(C2)N3C2CC3CCCC(C3)C2)c1=O. The van der Waals surface area contributed by atoms with Crippen molar-refractivity contribution in [3.8, 4) is 11.3 Å². The maximum atomic E-state index is 13.9. The van der Waals surface area contributed by atoms with Crippen LogP contribution in [0, 0.1) is 11.8 Å². The molecule has 3 aromatic rings. The highest BCUT2D eigenvalue weighted by atomic mass is 16.1. The van der Waals surface area contributed by atoms with E-state index in [1.807, 2.05) is 28.8 Å². The highest BCUT2D eigenvalue weighted by Crippen LogP contribution is 2.48. The molecule has 4 bridgehead atoms. The number of aromatic nitrogens is 3. The topological polar surface area (TPSA) is 71.0 Å². The molecule has 2 saturated carbocycles. The number of nitrogens with zero attached hydrogens (tertiary/aromatic N) is 3. The van der Waals surface area contributed by atoms with Crippen LogP contribution in [-0.4, -0.2) is 37.6 Å². The lowest BCUT2D eigenvalue weighted by Gasteiger charge is -2.49. The van der Waals surface area contributed by atoms with Gasteiger partial charge in [-0.3, -0.25) is 14.5 Å². The first-order valence-electron chi connectivity index (χ1n) is 13.6. The zero-order valence-corrected chi connectivity index (χ0v) is 20.2. The third kappa shape index (κ3) is 3.60. The second-order valence-electron chi connectivity index (χ2n) is 11.5. The number of hydrogen-bond acceptors (Lipinski definition) is 4. The predicted molar refractivity (Wildman–Crippen MR) is 137 cm³/mol. The largest absolute Gasteiger partial charge is 0.329 e. The Labute approximate surface area is 205 Å². The van der Waals surface area contributed by atoms with E-state index in [-0.39, 0.29) is 22.9 Å². The fraction of sp³-hybridized carbons (Fsp3) is 0.552. The van der Waals surface area contributed by atoms with Crippen molar-refractivity contribution in [3.63, 3.8) is 0 Å². The van der Waals surface area contributed by atoms with Gasteiger partial charge in [-0.2, -0.15) is 0 Å². The monoisotopic (exact) mass is 470 g/mol. The minimum absolute atomic E-state index is 0.134. The highest BCUT2D eigenvalue weighted by Gasteiger charge is 2.47. The lowest BCUT2D eigenvalue weighted by Crippen LogP contribution is -2.52. The van der Waals surface area contributed by atoms with Crippen molar-refractivity contribution >= 4 is 11.0 Å². The van der Waals surface area contributed by atoms with E-state index in [0.717, 1.165) is 41.8 Å². The quantitative estimate of drug-likeness (QED) is 0.592. The van der Waals surface area contributed by atoms with Crippen LogP contribution in [-0.2, 0) is 0 Å². The number of H-pyrrole nitrogens is 1. The minimum Gasteiger partial charge on any atom is -0.329 e. The number of pyridine rings is 1. The van der Waals surface area contributed by atoms with E-state index in [2.05, 4.69) is 14.9 Å². The lowest BCUT2D eigenvalue weighted by molar-refractivity contribution is 0.00791. The lowest BCUT2D eigenvalue weighted by atomic mass is 9.69. The van der Waals surface area contributed by atoms with Gasteiger partial charge in [0.1, 0.15) is 5.69 Å². The Morgan fingerprint density at radius 3 is 2.26 bits per heavy atom. The highest BCUT2D eigenvalue weighted by molar-refractivity contribution is 5.77. The molecule has 4 aliphatic rings. The number of aromatic amines is 1. The number of rotatable bonds is 3. The maximum Gasteiger partial charge on any atom is 0.278 e. The van der Waals surface area contributed by atoms with Crippen LogP contribution in [0.25, 0.3) is 22.3 Å². The van der Waals surface area contributed by atoms with Crippen LogP contribution in [0.3, 0.4) is 0 Å². The fourth-order valence-corrected chi connectivity index (χ4v) is 8.23. The number of benzene rings is 1. The van der Waals surface area contributed by atoms with E-state index in [0.29, 0.717) is 17.6 Å². The van der Waals surface area contributed by atoms with Gasteiger partial charge in [0.15, 0.2) is 0 Å². The van der Waals surface area contributed by atoms with Gasteiger partial charge < -0.3 is 9.55 Å². The van der Waals surface area contributed by atoms with Gasteiger partial charge in [0.25, 0.3) is 11.1 Å². The summed E-state index contributed by atoms with van der Waals surface area (Å²) in [6.45, 7) is 0. The zero-order chi connectivity index (χ0) is 23.5. The molecule has 2 aromatic heterocycles. The molecule has 2 aliphatic carbocycles. The van der Waals surface area contributed by atoms with Crippen LogP contribution < -0.4 is 11.1 Å². The Bertz CT molecular complexity index is 1350. The van der Waals surface area contributed by atoms with Gasteiger partial charge in [-0.15, -0.1) is 0 Å². The maximum absolute atomic E-state index is 13.9. The minimum atomic E-state index is -0.267. The molecular formula is C29H34N4O2. The Morgan fingerprint density at radius 2 is 1.51 bits per heavy atom. The first-order valence-corrected chi connectivity index (χ1v) is 13.6. The summed E-state index contributed by atoms with van der Waals surface area (Å²) in [6.07, 6.45) is 14.6. The normalized spacial score (nSPS) is 32.7. The standard InChI is InChI=1S/C29H34N4O2/c34-28-24(7-4-12-30-28)27-29(35)33(26-9-2-1-8-25(26)31-27)23-16-20-10-11-21(17-23)32(20)22-14-18-5-3-6-19(13-18)15-22/h1-2,4,7-9,12,18-23H,3,5-6,10-11,13-17H2,(H,30,34). The van der Waals surface area contributed by atoms with Crippen molar-refractivity contribution in [2.45, 2.75) is 88.4 Å². The van der Waals surface area contributed by atoms with Gasteiger partial charge in [0.05, 0.1) is 16.6 Å². The van der Waals surface area contributed by atoms with Gasteiger partial charge in [-0.05, 0) is 81.0 Å². The first-order chi connectivity index (χ1) is 17.2. The summed E-state index contributed by atoms with van der Waals surface area (Å²) in [7, 11) is 0. The van der Waals surface area contributed by atoms with Crippen LogP contribution in [0.15, 0.2) is 52.2 Å². The number of hydrogen-bond donors (Lipinski definition) is 1. The van der Waals surface area contributed by atoms with Crippen molar-refractivity contribution in [1.82, 2.24) is 19.4 Å². The molecule has 2 saturated heterocycles. The zero-order valence-electron chi connectivity index (χ0n) is 20.2. The Kier molecular flexibility index (Phi) is 5.19. The molecule has 6 nitrogen and oxygen atoms in total. The van der Waals surface area contributed by atoms with Crippen LogP contribution >= 0.6 is 0 Å². The Hall–Kier alpha value is -2.73. The third-order valence-corrected chi connectivity index (χ3v) is 9.52. The summed E-state index contributed by atoms with van der Waals surface area (Å²) >= 11 is 0. The molecule has 35 heavy (non-hydrogen) atoms. The molecule has 7 rings (SSSR count). The van der Waals surface area contributed by atoms with Crippen LogP contribution in [0.5, 0.6) is 0 Å². The van der Waals surface area contributed by atoms with Crippen molar-refractivity contribution < 1.29 is 0 Å². The van der Waals surface area contributed by atoms with E-state index < -0.39 is 0 Å². The molecule has 4 fully saturated rings. The molecular weight excluding hydrogens is 436 g/mol.